The van der Waals surface area contributed by atoms with Crippen molar-refractivity contribution < 1.29 is 18.0 Å². The average molecular weight is 648 g/mol. The number of anilines is 1. The Labute approximate surface area is 239 Å². The van der Waals surface area contributed by atoms with Crippen LogP contribution >= 0.6 is 22.6 Å². The second-order valence-corrected chi connectivity index (χ2v) is 12.2. The predicted molar refractivity (Wildman–Crippen MR) is 159 cm³/mol. The first-order chi connectivity index (χ1) is 18.1. The van der Waals surface area contributed by atoms with E-state index in [-0.39, 0.29) is 17.3 Å². The third kappa shape index (κ3) is 7.80. The largest absolute Gasteiger partial charge is 0.354 e. The molecule has 9 heteroatoms. The van der Waals surface area contributed by atoms with Crippen LogP contribution < -0.4 is 9.62 Å². The average Bonchev–Trinajstić information content (AvgIpc) is 2.91. The molecule has 0 spiro atoms. The fourth-order valence-electron chi connectivity index (χ4n) is 3.98. The molecular formula is C29H34IN3O4S. The SMILES string of the molecule is CCCCNC(=O)C(C)N(Cc1cccc(C)c1)C(=O)CN(c1ccc(I)cc1)S(=O)(=O)c1ccccc1. The number of rotatable bonds is 12. The highest BCUT2D eigenvalue weighted by Gasteiger charge is 2.32. The molecular weight excluding hydrogens is 613 g/mol. The van der Waals surface area contributed by atoms with Crippen molar-refractivity contribution in [3.63, 3.8) is 0 Å². The third-order valence-corrected chi connectivity index (χ3v) is 8.66. The normalized spacial score (nSPS) is 12.0. The van der Waals surface area contributed by atoms with Gasteiger partial charge < -0.3 is 10.2 Å². The first-order valence-electron chi connectivity index (χ1n) is 12.6. The number of nitrogens with zero attached hydrogens (tertiary/aromatic N) is 2. The number of hydrogen-bond acceptors (Lipinski definition) is 4. The quantitative estimate of drug-likeness (QED) is 0.218. The molecule has 0 saturated heterocycles. The minimum atomic E-state index is -4.06. The maximum absolute atomic E-state index is 13.9. The Morgan fingerprint density at radius 1 is 0.974 bits per heavy atom. The van der Waals surface area contributed by atoms with Crippen LogP contribution in [0.25, 0.3) is 0 Å². The molecule has 3 rings (SSSR count). The van der Waals surface area contributed by atoms with Crippen LogP contribution in [0.15, 0.2) is 83.8 Å². The van der Waals surface area contributed by atoms with E-state index in [0.29, 0.717) is 12.2 Å². The summed E-state index contributed by atoms with van der Waals surface area (Å²) in [6.07, 6.45) is 1.77. The Kier molecular flexibility index (Phi) is 10.7. The molecule has 0 bridgehead atoms. The highest BCUT2D eigenvalue weighted by Crippen LogP contribution is 2.25. The molecule has 7 nitrogen and oxygen atoms in total. The van der Waals surface area contributed by atoms with Gasteiger partial charge in [-0.15, -0.1) is 0 Å². The van der Waals surface area contributed by atoms with Crippen molar-refractivity contribution >= 4 is 50.1 Å². The van der Waals surface area contributed by atoms with Crippen LogP contribution in [-0.2, 0) is 26.2 Å². The number of sulfonamides is 1. The molecule has 202 valence electrons. The summed E-state index contributed by atoms with van der Waals surface area (Å²) in [6.45, 7) is 5.92. The van der Waals surface area contributed by atoms with Crippen molar-refractivity contribution in [1.82, 2.24) is 10.2 Å². The molecule has 0 aromatic heterocycles. The number of amides is 2. The Hall–Kier alpha value is -2.92. The molecule has 3 aromatic carbocycles. The van der Waals surface area contributed by atoms with E-state index in [2.05, 4.69) is 27.9 Å². The summed E-state index contributed by atoms with van der Waals surface area (Å²) in [5.41, 5.74) is 2.26. The predicted octanol–water partition coefficient (Wildman–Crippen LogP) is 5.13. The summed E-state index contributed by atoms with van der Waals surface area (Å²) in [5.74, 6) is -0.742. The lowest BCUT2D eigenvalue weighted by atomic mass is 10.1. The van der Waals surface area contributed by atoms with Gasteiger partial charge in [0.2, 0.25) is 11.8 Å². The first kappa shape index (κ1) is 29.6. The Bertz CT molecular complexity index is 1330. The van der Waals surface area contributed by atoms with Crippen LogP contribution in [0.4, 0.5) is 5.69 Å². The second kappa shape index (κ2) is 13.7. The summed E-state index contributed by atoms with van der Waals surface area (Å²) in [5, 5.41) is 2.90. The number of nitrogens with one attached hydrogen (secondary N) is 1. The van der Waals surface area contributed by atoms with Crippen LogP contribution in [0.5, 0.6) is 0 Å². The summed E-state index contributed by atoms with van der Waals surface area (Å²) >= 11 is 2.15. The Morgan fingerprint density at radius 3 is 2.29 bits per heavy atom. The topological polar surface area (TPSA) is 86.8 Å². The van der Waals surface area contributed by atoms with Crippen molar-refractivity contribution in [2.45, 2.75) is 51.1 Å². The van der Waals surface area contributed by atoms with Crippen LogP contribution in [0.3, 0.4) is 0 Å². The zero-order valence-corrected chi connectivity index (χ0v) is 24.9. The molecule has 0 heterocycles. The van der Waals surface area contributed by atoms with Crippen molar-refractivity contribution in [3.8, 4) is 0 Å². The molecule has 1 N–H and O–H groups in total. The Morgan fingerprint density at radius 2 is 1.66 bits per heavy atom. The van der Waals surface area contributed by atoms with E-state index < -0.39 is 28.5 Å². The second-order valence-electron chi connectivity index (χ2n) is 9.13. The molecule has 1 atom stereocenters. The molecule has 0 fully saturated rings. The standard InChI is InChI=1S/C29H34IN3O4S/c1-4-5-18-31-29(35)23(3)32(20-24-11-9-10-22(2)19-24)28(34)21-33(26-16-14-25(30)15-17-26)38(36,37)27-12-7-6-8-13-27/h6-17,19,23H,4-5,18,20-21H2,1-3H3,(H,31,35). The number of hydrogen-bond donors (Lipinski definition) is 1. The van der Waals surface area contributed by atoms with Gasteiger partial charge in [-0.25, -0.2) is 8.42 Å². The fraction of sp³-hybridized carbons (Fsp3) is 0.310. The van der Waals surface area contributed by atoms with Gasteiger partial charge in [0.25, 0.3) is 10.0 Å². The number of carbonyl (C=O) groups is 2. The third-order valence-electron chi connectivity index (χ3n) is 6.16. The van der Waals surface area contributed by atoms with Gasteiger partial charge in [0, 0.05) is 16.7 Å². The van der Waals surface area contributed by atoms with E-state index in [1.54, 1.807) is 49.4 Å². The molecule has 0 saturated carbocycles. The van der Waals surface area contributed by atoms with Crippen LogP contribution in [0.1, 0.15) is 37.8 Å². The molecule has 0 aliphatic heterocycles. The van der Waals surface area contributed by atoms with Gasteiger partial charge >= 0.3 is 0 Å². The van der Waals surface area contributed by atoms with E-state index in [4.69, 9.17) is 0 Å². The lowest BCUT2D eigenvalue weighted by molar-refractivity contribution is -0.139. The maximum atomic E-state index is 13.9. The van der Waals surface area contributed by atoms with E-state index in [9.17, 15) is 18.0 Å². The van der Waals surface area contributed by atoms with E-state index in [1.807, 2.05) is 38.1 Å². The van der Waals surface area contributed by atoms with Gasteiger partial charge in [-0.3, -0.25) is 13.9 Å². The highest BCUT2D eigenvalue weighted by molar-refractivity contribution is 14.1. The Balaban J connectivity index is 1.98. The number of halogens is 1. The fourth-order valence-corrected chi connectivity index (χ4v) is 5.78. The van der Waals surface area contributed by atoms with Crippen molar-refractivity contribution in [1.29, 1.82) is 0 Å². The van der Waals surface area contributed by atoms with Gasteiger partial charge in [-0.2, -0.15) is 0 Å². The van der Waals surface area contributed by atoms with Crippen LogP contribution in [0.2, 0.25) is 0 Å². The molecule has 0 aliphatic carbocycles. The van der Waals surface area contributed by atoms with Crippen molar-refractivity contribution in [3.05, 3.63) is 93.6 Å². The molecule has 2 amide bonds. The number of benzene rings is 3. The van der Waals surface area contributed by atoms with Gasteiger partial charge in [-0.1, -0.05) is 61.4 Å². The van der Waals surface area contributed by atoms with Crippen LogP contribution in [0, 0.1) is 10.5 Å². The highest BCUT2D eigenvalue weighted by atomic mass is 127. The van der Waals surface area contributed by atoms with E-state index in [0.717, 1.165) is 31.8 Å². The molecule has 0 radical (unpaired) electrons. The lowest BCUT2D eigenvalue weighted by Gasteiger charge is -2.32. The molecule has 38 heavy (non-hydrogen) atoms. The smallest absolute Gasteiger partial charge is 0.264 e. The maximum Gasteiger partial charge on any atom is 0.264 e. The zero-order valence-electron chi connectivity index (χ0n) is 21.9. The monoisotopic (exact) mass is 647 g/mol. The lowest BCUT2D eigenvalue weighted by Crippen LogP contribution is -2.51. The summed E-state index contributed by atoms with van der Waals surface area (Å²) in [6, 6.07) is 21.9. The van der Waals surface area contributed by atoms with E-state index >= 15 is 0 Å². The van der Waals surface area contributed by atoms with Crippen molar-refractivity contribution in [2.24, 2.45) is 0 Å². The molecule has 1 unspecified atom stereocenters. The molecule has 0 aliphatic rings. The van der Waals surface area contributed by atoms with Crippen LogP contribution in [-0.4, -0.2) is 44.3 Å². The zero-order chi connectivity index (χ0) is 27.7. The van der Waals surface area contributed by atoms with Gasteiger partial charge in [-0.05, 0) is 84.8 Å². The van der Waals surface area contributed by atoms with Gasteiger partial charge in [0.05, 0.1) is 10.6 Å². The summed E-state index contributed by atoms with van der Waals surface area (Å²) in [7, 11) is -4.06. The summed E-state index contributed by atoms with van der Waals surface area (Å²) in [4.78, 5) is 28.4. The minimum absolute atomic E-state index is 0.0851. The van der Waals surface area contributed by atoms with Crippen molar-refractivity contribution in [2.75, 3.05) is 17.4 Å². The number of aryl methyl sites for hydroxylation is 1. The summed E-state index contributed by atoms with van der Waals surface area (Å²) < 4.78 is 29.5. The van der Waals surface area contributed by atoms with Gasteiger partial charge in [0.1, 0.15) is 12.6 Å². The molecule has 3 aromatic rings. The number of unbranched alkanes of at least 4 members (excludes halogenated alkanes) is 1. The minimum Gasteiger partial charge on any atom is -0.354 e. The van der Waals surface area contributed by atoms with E-state index in [1.165, 1.54) is 17.0 Å². The van der Waals surface area contributed by atoms with Gasteiger partial charge in [0.15, 0.2) is 0 Å². The number of carbonyl (C=O) groups excluding carboxylic acids is 2. The first-order valence-corrected chi connectivity index (χ1v) is 15.1.